The first-order valence-corrected chi connectivity index (χ1v) is 12.9. The number of hydrogen-bond donors (Lipinski definition) is 1. The molecule has 196 valence electrons. The van der Waals surface area contributed by atoms with Crippen LogP contribution in [0.3, 0.4) is 0 Å². The number of furan rings is 1. The van der Waals surface area contributed by atoms with E-state index in [1.165, 1.54) is 12.1 Å². The molecule has 2 amide bonds. The number of rotatable bonds is 9. The van der Waals surface area contributed by atoms with Gasteiger partial charge in [-0.15, -0.1) is 0 Å². The fourth-order valence-electron chi connectivity index (χ4n) is 4.54. The second kappa shape index (κ2) is 11.6. The first-order valence-electron chi connectivity index (χ1n) is 12.9. The van der Waals surface area contributed by atoms with Crippen LogP contribution < -0.4 is 10.1 Å². The maximum absolute atomic E-state index is 13.7. The lowest BCUT2D eigenvalue weighted by atomic mass is 9.87. The van der Waals surface area contributed by atoms with E-state index in [4.69, 9.17) is 9.15 Å². The molecule has 0 unspecified atom stereocenters. The summed E-state index contributed by atoms with van der Waals surface area (Å²) in [6.07, 6.45) is 1.19. The molecule has 4 rings (SSSR count). The van der Waals surface area contributed by atoms with Gasteiger partial charge in [0.15, 0.2) is 5.76 Å². The minimum Gasteiger partial charge on any atom is -0.486 e. The fraction of sp³-hybridized carbons (Fsp3) is 0.400. The van der Waals surface area contributed by atoms with Crippen molar-refractivity contribution in [2.45, 2.75) is 53.2 Å². The van der Waals surface area contributed by atoms with Gasteiger partial charge in [-0.3, -0.25) is 9.59 Å². The zero-order valence-electron chi connectivity index (χ0n) is 21.9. The van der Waals surface area contributed by atoms with Gasteiger partial charge in [-0.05, 0) is 71.3 Å². The van der Waals surface area contributed by atoms with Crippen LogP contribution in [0, 0.1) is 17.7 Å². The second-order valence-electron chi connectivity index (χ2n) is 10.4. The number of halogens is 1. The monoisotopic (exact) mass is 506 g/mol. The summed E-state index contributed by atoms with van der Waals surface area (Å²) in [5.74, 6) is 1.53. The number of nitrogens with zero attached hydrogens (tertiary/aromatic N) is 1. The highest BCUT2D eigenvalue weighted by atomic mass is 19.1. The fourth-order valence-corrected chi connectivity index (χ4v) is 4.54. The largest absolute Gasteiger partial charge is 0.486 e. The molecule has 0 fully saturated rings. The molecule has 37 heavy (non-hydrogen) atoms. The highest BCUT2D eigenvalue weighted by Gasteiger charge is 2.32. The number of ether oxygens (including phenoxy) is 1. The SMILES string of the molecule is CC(C)CNC(=O)c1ccc(COc2ccc3c(c2)[C@@H](c2ccc(F)cc2)N(C(=O)CC(C)C)CC3)o1. The first-order chi connectivity index (χ1) is 17.7. The summed E-state index contributed by atoms with van der Waals surface area (Å²) in [7, 11) is 0. The smallest absolute Gasteiger partial charge is 0.287 e. The highest BCUT2D eigenvalue weighted by molar-refractivity contribution is 5.91. The third kappa shape index (κ3) is 6.59. The summed E-state index contributed by atoms with van der Waals surface area (Å²) in [4.78, 5) is 27.3. The summed E-state index contributed by atoms with van der Waals surface area (Å²) in [5.41, 5.74) is 2.97. The van der Waals surface area contributed by atoms with Gasteiger partial charge in [0.05, 0.1) is 6.04 Å². The highest BCUT2D eigenvalue weighted by Crippen LogP contribution is 2.38. The van der Waals surface area contributed by atoms with Gasteiger partial charge in [-0.1, -0.05) is 45.9 Å². The Morgan fingerprint density at radius 2 is 1.81 bits per heavy atom. The molecule has 0 spiro atoms. The average molecular weight is 507 g/mol. The number of carbonyl (C=O) groups excluding carboxylic acids is 2. The maximum Gasteiger partial charge on any atom is 0.287 e. The standard InChI is InChI=1S/C30H35FN2O4/c1-19(2)15-28(34)33-14-13-21-7-10-24(16-26(21)29(33)22-5-8-23(31)9-6-22)36-18-25-11-12-27(37-25)30(35)32-17-20(3)4/h5-12,16,19-20,29H,13-15,17-18H2,1-4H3,(H,32,35)/t29-/m1/s1. The number of nitrogens with one attached hydrogen (secondary N) is 1. The molecular weight excluding hydrogens is 471 g/mol. The van der Waals surface area contributed by atoms with Gasteiger partial charge in [0, 0.05) is 19.5 Å². The minimum absolute atomic E-state index is 0.0835. The van der Waals surface area contributed by atoms with Crippen LogP contribution in [0.25, 0.3) is 0 Å². The van der Waals surface area contributed by atoms with Crippen molar-refractivity contribution in [2.75, 3.05) is 13.1 Å². The molecule has 1 aliphatic rings. The van der Waals surface area contributed by atoms with Gasteiger partial charge in [-0.25, -0.2) is 4.39 Å². The first kappa shape index (κ1) is 26.5. The van der Waals surface area contributed by atoms with Gasteiger partial charge in [-0.2, -0.15) is 0 Å². The van der Waals surface area contributed by atoms with Gasteiger partial charge in [0.1, 0.15) is 23.9 Å². The Labute approximate surface area is 217 Å². The van der Waals surface area contributed by atoms with Crippen molar-refractivity contribution in [3.63, 3.8) is 0 Å². The van der Waals surface area contributed by atoms with Crippen molar-refractivity contribution in [3.05, 3.63) is 88.6 Å². The van der Waals surface area contributed by atoms with Crippen molar-refractivity contribution in [2.24, 2.45) is 11.8 Å². The van der Waals surface area contributed by atoms with E-state index in [2.05, 4.69) is 5.32 Å². The Balaban J connectivity index is 1.54. The number of hydrogen-bond acceptors (Lipinski definition) is 4. The maximum atomic E-state index is 13.7. The van der Waals surface area contributed by atoms with E-state index in [0.29, 0.717) is 36.9 Å². The van der Waals surface area contributed by atoms with Crippen molar-refractivity contribution < 1.29 is 23.1 Å². The Kier molecular flexibility index (Phi) is 8.31. The summed E-state index contributed by atoms with van der Waals surface area (Å²) in [5, 5.41) is 2.84. The number of amides is 2. The van der Waals surface area contributed by atoms with E-state index >= 15 is 0 Å². The molecule has 6 nitrogen and oxygen atoms in total. The molecule has 0 saturated heterocycles. The van der Waals surface area contributed by atoms with E-state index in [1.807, 2.05) is 50.8 Å². The van der Waals surface area contributed by atoms with Crippen LogP contribution >= 0.6 is 0 Å². The van der Waals surface area contributed by atoms with Gasteiger partial charge in [0.2, 0.25) is 5.91 Å². The molecule has 0 bridgehead atoms. The normalized spacial score (nSPS) is 15.1. The van der Waals surface area contributed by atoms with Crippen LogP contribution in [0.4, 0.5) is 4.39 Å². The molecule has 2 aromatic carbocycles. The van der Waals surface area contributed by atoms with Crippen LogP contribution in [0.5, 0.6) is 5.75 Å². The molecule has 3 aromatic rings. The van der Waals surface area contributed by atoms with E-state index in [1.54, 1.807) is 24.3 Å². The van der Waals surface area contributed by atoms with Crippen LogP contribution in [-0.2, 0) is 17.8 Å². The zero-order chi connectivity index (χ0) is 26.5. The molecule has 0 radical (unpaired) electrons. The molecular formula is C30H35FN2O4. The summed E-state index contributed by atoms with van der Waals surface area (Å²) in [6.45, 7) is 9.46. The van der Waals surface area contributed by atoms with Gasteiger partial charge >= 0.3 is 0 Å². The number of fused-ring (bicyclic) bond motifs is 1. The summed E-state index contributed by atoms with van der Waals surface area (Å²) in [6, 6.07) is 15.3. The molecule has 1 atom stereocenters. The molecule has 0 saturated carbocycles. The Hall–Kier alpha value is -3.61. The van der Waals surface area contributed by atoms with Crippen molar-refractivity contribution in [3.8, 4) is 5.75 Å². The van der Waals surface area contributed by atoms with Crippen molar-refractivity contribution in [1.29, 1.82) is 0 Å². The lowest BCUT2D eigenvalue weighted by Crippen LogP contribution is -2.41. The molecule has 0 aliphatic carbocycles. The quantitative estimate of drug-likeness (QED) is 0.392. The van der Waals surface area contributed by atoms with Crippen LogP contribution in [-0.4, -0.2) is 29.8 Å². The Morgan fingerprint density at radius 3 is 2.51 bits per heavy atom. The van der Waals surface area contributed by atoms with E-state index in [9.17, 15) is 14.0 Å². The summed E-state index contributed by atoms with van der Waals surface area (Å²) >= 11 is 0. The van der Waals surface area contributed by atoms with Crippen LogP contribution in [0.2, 0.25) is 0 Å². The van der Waals surface area contributed by atoms with Gasteiger partial charge < -0.3 is 19.4 Å². The topological polar surface area (TPSA) is 71.8 Å². The average Bonchev–Trinajstić information content (AvgIpc) is 3.34. The van der Waals surface area contributed by atoms with E-state index < -0.39 is 0 Å². The molecule has 2 heterocycles. The lowest BCUT2D eigenvalue weighted by molar-refractivity contribution is -0.134. The third-order valence-electron chi connectivity index (χ3n) is 6.37. The van der Waals surface area contributed by atoms with E-state index in [-0.39, 0.29) is 42.0 Å². The molecule has 1 N–H and O–H groups in total. The van der Waals surface area contributed by atoms with Crippen LogP contribution in [0.15, 0.2) is 59.0 Å². The predicted molar refractivity (Wildman–Crippen MR) is 140 cm³/mol. The number of carbonyl (C=O) groups is 2. The lowest BCUT2D eigenvalue weighted by Gasteiger charge is -2.38. The molecule has 1 aromatic heterocycles. The van der Waals surface area contributed by atoms with Crippen molar-refractivity contribution >= 4 is 11.8 Å². The Morgan fingerprint density at radius 1 is 1.05 bits per heavy atom. The number of benzene rings is 2. The summed E-state index contributed by atoms with van der Waals surface area (Å²) < 4.78 is 25.4. The predicted octanol–water partition coefficient (Wildman–Crippen LogP) is 5.90. The third-order valence-corrected chi connectivity index (χ3v) is 6.37. The molecule has 1 aliphatic heterocycles. The second-order valence-corrected chi connectivity index (χ2v) is 10.4. The Bertz CT molecular complexity index is 1230. The zero-order valence-corrected chi connectivity index (χ0v) is 21.9. The molecule has 7 heteroatoms. The van der Waals surface area contributed by atoms with Gasteiger partial charge in [0.25, 0.3) is 5.91 Å². The van der Waals surface area contributed by atoms with Crippen LogP contribution in [0.1, 0.15) is 73.2 Å². The van der Waals surface area contributed by atoms with Crippen molar-refractivity contribution in [1.82, 2.24) is 10.2 Å². The van der Waals surface area contributed by atoms with E-state index in [0.717, 1.165) is 23.1 Å². The minimum atomic E-state index is -0.320.